The second-order valence-corrected chi connectivity index (χ2v) is 4.33. The van der Waals surface area contributed by atoms with Crippen molar-refractivity contribution in [2.24, 2.45) is 0 Å². The first-order chi connectivity index (χ1) is 5.84. The summed E-state index contributed by atoms with van der Waals surface area (Å²) in [6.07, 6.45) is 3.54. The Morgan fingerprint density at radius 3 is 3.25 bits per heavy atom. The number of fused-ring (bicyclic) bond motifs is 3. The third-order valence-corrected chi connectivity index (χ3v) is 3.13. The molecule has 0 aromatic carbocycles. The van der Waals surface area contributed by atoms with Crippen LogP contribution < -0.4 is 0 Å². The van der Waals surface area contributed by atoms with Crippen molar-refractivity contribution in [3.63, 3.8) is 0 Å². The molecule has 2 heterocycles. The third kappa shape index (κ3) is 0.705. The summed E-state index contributed by atoms with van der Waals surface area (Å²) in [5.74, 6) is 0. The van der Waals surface area contributed by atoms with E-state index in [1.807, 2.05) is 11.4 Å². The first-order valence-corrected chi connectivity index (χ1v) is 5.00. The monoisotopic (exact) mass is 179 g/mol. The Bertz CT molecular complexity index is 440. The van der Waals surface area contributed by atoms with Crippen molar-refractivity contribution in [3.8, 4) is 0 Å². The third-order valence-electron chi connectivity index (χ3n) is 2.31. The van der Waals surface area contributed by atoms with E-state index in [4.69, 9.17) is 0 Å². The van der Waals surface area contributed by atoms with Crippen LogP contribution in [-0.4, -0.2) is 14.6 Å². The minimum absolute atomic E-state index is 1.07. The van der Waals surface area contributed by atoms with Crippen LogP contribution in [0.25, 0.3) is 4.96 Å². The van der Waals surface area contributed by atoms with Crippen molar-refractivity contribution in [1.29, 1.82) is 0 Å². The number of rotatable bonds is 0. The van der Waals surface area contributed by atoms with E-state index >= 15 is 0 Å². The Morgan fingerprint density at radius 1 is 1.42 bits per heavy atom. The summed E-state index contributed by atoms with van der Waals surface area (Å²) in [6, 6.07) is 0. The van der Waals surface area contributed by atoms with Crippen LogP contribution in [0.5, 0.6) is 0 Å². The van der Waals surface area contributed by atoms with Gasteiger partial charge in [0, 0.05) is 0 Å². The molecule has 12 heavy (non-hydrogen) atoms. The highest BCUT2D eigenvalue weighted by Crippen LogP contribution is 2.25. The molecule has 0 spiro atoms. The molecule has 2 aromatic heterocycles. The first kappa shape index (κ1) is 6.60. The zero-order chi connectivity index (χ0) is 8.13. The Hall–Kier alpha value is -0.900. The van der Waals surface area contributed by atoms with Gasteiger partial charge >= 0.3 is 0 Å². The molecule has 4 heteroatoms. The molecule has 0 saturated carbocycles. The predicted molar refractivity (Wildman–Crippen MR) is 47.6 cm³/mol. The summed E-state index contributed by atoms with van der Waals surface area (Å²) in [7, 11) is 0. The van der Waals surface area contributed by atoms with Gasteiger partial charge in [0.15, 0.2) is 0 Å². The predicted octanol–water partition coefficient (Wildman–Crippen LogP) is 1.59. The highest BCUT2D eigenvalue weighted by atomic mass is 32.1. The standard InChI is InChI=1S/C8H9N3S/c1-5-10-11-7-4-2-3-6(7)9-8(11)12-5/h2-4H2,1H3. The summed E-state index contributed by atoms with van der Waals surface area (Å²) < 4.78 is 2.02. The van der Waals surface area contributed by atoms with E-state index in [2.05, 4.69) is 10.1 Å². The largest absolute Gasteiger partial charge is 0.222 e. The maximum atomic E-state index is 4.53. The lowest BCUT2D eigenvalue weighted by atomic mass is 10.4. The van der Waals surface area contributed by atoms with E-state index in [0.29, 0.717) is 0 Å². The second-order valence-electron chi connectivity index (χ2n) is 3.17. The highest BCUT2D eigenvalue weighted by Gasteiger charge is 2.19. The van der Waals surface area contributed by atoms with Gasteiger partial charge in [0.25, 0.3) is 0 Å². The van der Waals surface area contributed by atoms with Crippen LogP contribution in [0.3, 0.4) is 0 Å². The molecule has 1 aliphatic carbocycles. The molecular formula is C8H9N3S. The quantitative estimate of drug-likeness (QED) is 0.614. The van der Waals surface area contributed by atoms with Gasteiger partial charge < -0.3 is 0 Å². The summed E-state index contributed by atoms with van der Waals surface area (Å²) in [5.41, 5.74) is 2.61. The SMILES string of the molecule is Cc1nn2c3c(nc2s1)CCC3. The lowest BCUT2D eigenvalue weighted by Crippen LogP contribution is -1.90. The minimum atomic E-state index is 1.07. The second kappa shape index (κ2) is 2.07. The minimum Gasteiger partial charge on any atom is -0.222 e. The van der Waals surface area contributed by atoms with Crippen LogP contribution in [0.4, 0.5) is 0 Å². The molecule has 3 nitrogen and oxygen atoms in total. The van der Waals surface area contributed by atoms with Crippen molar-refractivity contribution in [2.45, 2.75) is 26.2 Å². The lowest BCUT2D eigenvalue weighted by Gasteiger charge is -1.87. The maximum absolute atomic E-state index is 4.53. The zero-order valence-electron chi connectivity index (χ0n) is 6.87. The fraction of sp³-hybridized carbons (Fsp3) is 0.500. The summed E-state index contributed by atoms with van der Waals surface area (Å²) in [5, 5.41) is 5.52. The molecule has 0 atom stereocenters. The Labute approximate surface area is 74.1 Å². The van der Waals surface area contributed by atoms with Crippen LogP contribution >= 0.6 is 11.3 Å². The molecular weight excluding hydrogens is 170 g/mol. The van der Waals surface area contributed by atoms with E-state index in [9.17, 15) is 0 Å². The van der Waals surface area contributed by atoms with E-state index < -0.39 is 0 Å². The van der Waals surface area contributed by atoms with Crippen LogP contribution in [-0.2, 0) is 12.8 Å². The van der Waals surface area contributed by atoms with Crippen molar-refractivity contribution < 1.29 is 0 Å². The van der Waals surface area contributed by atoms with Crippen LogP contribution in [0, 0.1) is 6.92 Å². The first-order valence-electron chi connectivity index (χ1n) is 4.18. The molecule has 0 fully saturated rings. The molecule has 0 aliphatic heterocycles. The van der Waals surface area contributed by atoms with Gasteiger partial charge in [-0.2, -0.15) is 5.10 Å². The molecule has 0 N–H and O–H groups in total. The molecule has 2 aromatic rings. The number of imidazole rings is 1. The van der Waals surface area contributed by atoms with Crippen molar-refractivity contribution in [1.82, 2.24) is 14.6 Å². The Kier molecular flexibility index (Phi) is 1.14. The maximum Gasteiger partial charge on any atom is 0.212 e. The topological polar surface area (TPSA) is 30.2 Å². The normalized spacial score (nSPS) is 15.8. The van der Waals surface area contributed by atoms with Crippen molar-refractivity contribution in [3.05, 3.63) is 16.4 Å². The van der Waals surface area contributed by atoms with E-state index in [1.54, 1.807) is 11.3 Å². The summed E-state index contributed by atoms with van der Waals surface area (Å²) in [6.45, 7) is 2.03. The average Bonchev–Trinajstić information content (AvgIpc) is 2.59. The van der Waals surface area contributed by atoms with Gasteiger partial charge in [-0.05, 0) is 26.2 Å². The molecule has 0 amide bonds. The number of aromatic nitrogens is 3. The molecule has 3 rings (SSSR count). The lowest BCUT2D eigenvalue weighted by molar-refractivity contribution is 0.828. The molecule has 0 unspecified atom stereocenters. The summed E-state index contributed by atoms with van der Waals surface area (Å²) >= 11 is 1.68. The molecule has 0 radical (unpaired) electrons. The van der Waals surface area contributed by atoms with Crippen molar-refractivity contribution >= 4 is 16.3 Å². The summed E-state index contributed by atoms with van der Waals surface area (Å²) in [4.78, 5) is 5.60. The van der Waals surface area contributed by atoms with Gasteiger partial charge in [0.05, 0.1) is 11.4 Å². The number of aryl methyl sites for hydroxylation is 3. The fourth-order valence-corrected chi connectivity index (χ4v) is 2.58. The zero-order valence-corrected chi connectivity index (χ0v) is 7.69. The smallest absolute Gasteiger partial charge is 0.212 e. The number of nitrogens with zero attached hydrogens (tertiary/aromatic N) is 3. The Morgan fingerprint density at radius 2 is 2.33 bits per heavy atom. The van der Waals surface area contributed by atoms with Gasteiger partial charge in [-0.15, -0.1) is 0 Å². The van der Waals surface area contributed by atoms with Crippen LogP contribution in [0.1, 0.15) is 22.8 Å². The highest BCUT2D eigenvalue weighted by molar-refractivity contribution is 7.16. The van der Waals surface area contributed by atoms with Gasteiger partial charge in [-0.25, -0.2) is 9.50 Å². The van der Waals surface area contributed by atoms with Crippen LogP contribution in [0.2, 0.25) is 0 Å². The van der Waals surface area contributed by atoms with Crippen LogP contribution in [0.15, 0.2) is 0 Å². The van der Waals surface area contributed by atoms with Gasteiger partial charge in [-0.1, -0.05) is 11.3 Å². The Balaban J connectivity index is 2.40. The average molecular weight is 179 g/mol. The molecule has 62 valence electrons. The van der Waals surface area contributed by atoms with E-state index in [-0.39, 0.29) is 0 Å². The van der Waals surface area contributed by atoms with E-state index in [1.165, 1.54) is 17.8 Å². The molecule has 1 aliphatic rings. The molecule has 0 bridgehead atoms. The van der Waals surface area contributed by atoms with E-state index in [0.717, 1.165) is 22.8 Å². The van der Waals surface area contributed by atoms with Gasteiger partial charge in [-0.3, -0.25) is 0 Å². The van der Waals surface area contributed by atoms with Crippen molar-refractivity contribution in [2.75, 3.05) is 0 Å². The van der Waals surface area contributed by atoms with Gasteiger partial charge in [0.2, 0.25) is 4.96 Å². The number of hydrogen-bond donors (Lipinski definition) is 0. The molecule has 0 saturated heterocycles. The number of hydrogen-bond acceptors (Lipinski definition) is 3. The van der Waals surface area contributed by atoms with Gasteiger partial charge in [0.1, 0.15) is 5.01 Å². The fourth-order valence-electron chi connectivity index (χ4n) is 1.80.